The van der Waals surface area contributed by atoms with Crippen molar-refractivity contribution in [2.45, 2.75) is 25.4 Å². The zero-order chi connectivity index (χ0) is 8.48. The normalized spacial score (nSPS) is 32.7. The topological polar surface area (TPSA) is 0 Å². The molecule has 0 aromatic carbocycles. The predicted molar refractivity (Wildman–Crippen MR) is 32.9 cm³/mol. The number of rotatable bonds is 1. The monoisotopic (exact) mass is 170 g/mol. The fourth-order valence-corrected chi connectivity index (χ4v) is 1.65. The van der Waals surface area contributed by atoms with Gasteiger partial charge in [-0.25, -0.2) is 0 Å². The van der Waals surface area contributed by atoms with Crippen molar-refractivity contribution in [1.29, 1.82) is 0 Å². The van der Waals surface area contributed by atoms with Gasteiger partial charge in [0.1, 0.15) is 0 Å². The van der Waals surface area contributed by atoms with Gasteiger partial charge in [-0.2, -0.15) is 13.2 Å². The first-order valence-electron chi connectivity index (χ1n) is 3.68. The van der Waals surface area contributed by atoms with E-state index in [0.717, 1.165) is 0 Å². The Morgan fingerprint density at radius 1 is 1.18 bits per heavy atom. The van der Waals surface area contributed by atoms with Crippen molar-refractivity contribution in [3.63, 3.8) is 0 Å². The van der Waals surface area contributed by atoms with E-state index >= 15 is 0 Å². The van der Waals surface area contributed by atoms with Crippen LogP contribution in [0.15, 0.2) is 0 Å². The lowest BCUT2D eigenvalue weighted by Gasteiger charge is -2.19. The Hall–Kier alpha value is -0.280. The molecule has 0 radical (unpaired) electrons. The first-order valence-corrected chi connectivity index (χ1v) is 3.68. The Labute approximate surface area is 62.6 Å². The molecule has 0 aromatic heterocycles. The van der Waals surface area contributed by atoms with Crippen LogP contribution in [0.3, 0.4) is 0 Å². The van der Waals surface area contributed by atoms with Crippen LogP contribution in [-0.2, 0) is 0 Å². The third kappa shape index (κ3) is 1.84. The molecular formula is C7H10F4. The van der Waals surface area contributed by atoms with Gasteiger partial charge in [-0.1, -0.05) is 6.42 Å². The molecule has 11 heavy (non-hydrogen) atoms. The van der Waals surface area contributed by atoms with Gasteiger partial charge in [-0.15, -0.1) is 0 Å². The van der Waals surface area contributed by atoms with Gasteiger partial charge >= 0.3 is 6.18 Å². The minimum absolute atomic E-state index is 0.109. The molecule has 2 unspecified atom stereocenters. The Balaban J connectivity index is 2.57. The van der Waals surface area contributed by atoms with Gasteiger partial charge in [-0.3, -0.25) is 4.39 Å². The summed E-state index contributed by atoms with van der Waals surface area (Å²) in [6.45, 7) is -0.829. The molecule has 1 aliphatic rings. The minimum Gasteiger partial charge on any atom is -0.251 e. The largest absolute Gasteiger partial charge is 0.392 e. The first kappa shape index (κ1) is 8.81. The van der Waals surface area contributed by atoms with Crippen LogP contribution in [0.2, 0.25) is 0 Å². The summed E-state index contributed by atoms with van der Waals surface area (Å²) in [6, 6.07) is 0. The van der Waals surface area contributed by atoms with Gasteiger partial charge in [0.2, 0.25) is 0 Å². The zero-order valence-corrected chi connectivity index (χ0v) is 5.99. The summed E-state index contributed by atoms with van der Waals surface area (Å²) in [4.78, 5) is 0. The third-order valence-electron chi connectivity index (χ3n) is 2.28. The fourth-order valence-electron chi connectivity index (χ4n) is 1.65. The van der Waals surface area contributed by atoms with Crippen molar-refractivity contribution in [2.75, 3.05) is 6.67 Å². The van der Waals surface area contributed by atoms with E-state index in [1.54, 1.807) is 0 Å². The van der Waals surface area contributed by atoms with Crippen LogP contribution in [0, 0.1) is 11.8 Å². The second-order valence-corrected chi connectivity index (χ2v) is 2.99. The summed E-state index contributed by atoms with van der Waals surface area (Å²) in [5, 5.41) is 0. The summed E-state index contributed by atoms with van der Waals surface area (Å²) < 4.78 is 48.1. The molecule has 1 saturated carbocycles. The molecule has 0 aliphatic heterocycles. The Bertz CT molecular complexity index is 129. The quantitative estimate of drug-likeness (QED) is 0.531. The molecule has 1 rings (SSSR count). The van der Waals surface area contributed by atoms with Crippen LogP contribution < -0.4 is 0 Å². The lowest BCUT2D eigenvalue weighted by Crippen LogP contribution is -2.27. The number of hydrogen-bond donors (Lipinski definition) is 0. The standard InChI is InChI=1S/C7H10F4/c8-4-5-2-1-3-6(5)7(9,10)11/h5-6H,1-4H2. The maximum absolute atomic E-state index is 12.0. The highest BCUT2D eigenvalue weighted by Gasteiger charge is 2.46. The number of halogens is 4. The molecule has 1 fully saturated rings. The van der Waals surface area contributed by atoms with Crippen molar-refractivity contribution in [3.05, 3.63) is 0 Å². The molecule has 0 aromatic rings. The van der Waals surface area contributed by atoms with Gasteiger partial charge in [-0.05, 0) is 18.8 Å². The minimum atomic E-state index is -4.19. The van der Waals surface area contributed by atoms with E-state index < -0.39 is 24.7 Å². The molecule has 0 nitrogen and oxygen atoms in total. The van der Waals surface area contributed by atoms with Gasteiger partial charge in [0, 0.05) is 0 Å². The van der Waals surface area contributed by atoms with Crippen LogP contribution in [-0.4, -0.2) is 12.9 Å². The van der Waals surface area contributed by atoms with Crippen LogP contribution in [0.5, 0.6) is 0 Å². The van der Waals surface area contributed by atoms with E-state index in [1.165, 1.54) is 0 Å². The molecule has 0 spiro atoms. The molecular weight excluding hydrogens is 160 g/mol. The molecule has 0 heterocycles. The fraction of sp³-hybridized carbons (Fsp3) is 1.00. The zero-order valence-electron chi connectivity index (χ0n) is 5.99. The molecule has 66 valence electrons. The summed E-state index contributed by atoms with van der Waals surface area (Å²) in [5.74, 6) is -2.15. The smallest absolute Gasteiger partial charge is 0.251 e. The highest BCUT2D eigenvalue weighted by Crippen LogP contribution is 2.42. The summed E-state index contributed by atoms with van der Waals surface area (Å²) in [7, 11) is 0. The average Bonchev–Trinajstić information content (AvgIpc) is 2.31. The first-order chi connectivity index (χ1) is 5.05. The molecule has 2 atom stereocenters. The van der Waals surface area contributed by atoms with Crippen molar-refractivity contribution in [2.24, 2.45) is 11.8 Å². The predicted octanol–water partition coefficient (Wildman–Crippen LogP) is 2.93. The third-order valence-corrected chi connectivity index (χ3v) is 2.28. The molecule has 0 saturated heterocycles. The van der Waals surface area contributed by atoms with E-state index in [-0.39, 0.29) is 6.42 Å². The molecule has 1 aliphatic carbocycles. The second-order valence-electron chi connectivity index (χ2n) is 2.99. The lowest BCUT2D eigenvalue weighted by atomic mass is 9.97. The maximum Gasteiger partial charge on any atom is 0.392 e. The van der Waals surface area contributed by atoms with Crippen molar-refractivity contribution in [1.82, 2.24) is 0 Å². The van der Waals surface area contributed by atoms with Gasteiger partial charge in [0.05, 0.1) is 12.6 Å². The molecule has 4 heteroatoms. The molecule has 0 N–H and O–H groups in total. The lowest BCUT2D eigenvalue weighted by molar-refractivity contribution is -0.184. The Kier molecular flexibility index (Phi) is 2.40. The van der Waals surface area contributed by atoms with Crippen LogP contribution in [0.25, 0.3) is 0 Å². The summed E-state index contributed by atoms with van der Waals surface area (Å²) >= 11 is 0. The van der Waals surface area contributed by atoms with Crippen molar-refractivity contribution >= 4 is 0 Å². The van der Waals surface area contributed by atoms with Crippen LogP contribution >= 0.6 is 0 Å². The average molecular weight is 170 g/mol. The maximum atomic E-state index is 12.0. The second kappa shape index (κ2) is 2.99. The van der Waals surface area contributed by atoms with Gasteiger partial charge in [0.15, 0.2) is 0 Å². The van der Waals surface area contributed by atoms with Gasteiger partial charge in [0.25, 0.3) is 0 Å². The van der Waals surface area contributed by atoms with E-state index in [1.807, 2.05) is 0 Å². The summed E-state index contributed by atoms with van der Waals surface area (Å²) in [5.41, 5.74) is 0. The highest BCUT2D eigenvalue weighted by molar-refractivity contribution is 4.81. The Morgan fingerprint density at radius 2 is 1.82 bits per heavy atom. The van der Waals surface area contributed by atoms with Crippen LogP contribution in [0.4, 0.5) is 17.6 Å². The van der Waals surface area contributed by atoms with E-state index in [9.17, 15) is 17.6 Å². The number of hydrogen-bond acceptors (Lipinski definition) is 0. The van der Waals surface area contributed by atoms with Crippen molar-refractivity contribution in [3.8, 4) is 0 Å². The van der Waals surface area contributed by atoms with Gasteiger partial charge < -0.3 is 0 Å². The SMILES string of the molecule is FCC1CCCC1C(F)(F)F. The van der Waals surface area contributed by atoms with Crippen molar-refractivity contribution < 1.29 is 17.6 Å². The molecule has 0 bridgehead atoms. The number of alkyl halides is 4. The van der Waals surface area contributed by atoms with E-state index in [4.69, 9.17) is 0 Å². The van der Waals surface area contributed by atoms with E-state index in [2.05, 4.69) is 0 Å². The van der Waals surface area contributed by atoms with Crippen LogP contribution in [0.1, 0.15) is 19.3 Å². The summed E-state index contributed by atoms with van der Waals surface area (Å²) in [6.07, 6.45) is -3.18. The highest BCUT2D eigenvalue weighted by atomic mass is 19.4. The Morgan fingerprint density at radius 3 is 2.18 bits per heavy atom. The molecule has 0 amide bonds. The van der Waals surface area contributed by atoms with E-state index in [0.29, 0.717) is 12.8 Å².